The third-order valence-corrected chi connectivity index (χ3v) is 6.59. The summed E-state index contributed by atoms with van der Waals surface area (Å²) in [7, 11) is 0. The molecule has 0 radical (unpaired) electrons. The lowest BCUT2D eigenvalue weighted by atomic mass is 9.76. The molecule has 1 aliphatic carbocycles. The second-order valence-electron chi connectivity index (χ2n) is 7.74. The lowest BCUT2D eigenvalue weighted by Gasteiger charge is -2.39. The predicted molar refractivity (Wildman–Crippen MR) is 121 cm³/mol. The first-order chi connectivity index (χ1) is 15.8. The number of nitrogens with zero attached hydrogens (tertiary/aromatic N) is 3. The van der Waals surface area contributed by atoms with E-state index >= 15 is 0 Å². The van der Waals surface area contributed by atoms with Crippen molar-refractivity contribution < 1.29 is 18.5 Å². The molecular formula is C23H21FN4O4S. The number of Topliss-reactive ketones (excluding diaryl/α,β-unsaturated/α-hetero) is 1. The van der Waals surface area contributed by atoms with Crippen molar-refractivity contribution in [1.82, 2.24) is 0 Å². The predicted octanol–water partition coefficient (Wildman–Crippen LogP) is 5.05. The molecule has 10 heteroatoms. The van der Waals surface area contributed by atoms with Gasteiger partial charge in [-0.2, -0.15) is 5.26 Å². The lowest BCUT2D eigenvalue weighted by Crippen LogP contribution is -2.39. The van der Waals surface area contributed by atoms with Crippen LogP contribution in [0.1, 0.15) is 43.4 Å². The van der Waals surface area contributed by atoms with Crippen molar-refractivity contribution >= 4 is 28.9 Å². The number of anilines is 1. The number of benzene rings is 1. The lowest BCUT2D eigenvalue weighted by molar-refractivity contribution is -0.384. The number of carbonyl (C=O) groups is 1. The average molecular weight is 469 g/mol. The molecule has 1 aromatic heterocycles. The Kier molecular flexibility index (Phi) is 5.99. The first-order valence-corrected chi connectivity index (χ1v) is 11.4. The summed E-state index contributed by atoms with van der Waals surface area (Å²) in [6.07, 6.45) is 1.25. The van der Waals surface area contributed by atoms with Gasteiger partial charge in [-0.3, -0.25) is 19.8 Å². The van der Waals surface area contributed by atoms with E-state index < -0.39 is 22.3 Å². The molecule has 0 fully saturated rings. The highest BCUT2D eigenvalue weighted by Crippen LogP contribution is 2.50. The van der Waals surface area contributed by atoms with Gasteiger partial charge in [0.2, 0.25) is 0 Å². The van der Waals surface area contributed by atoms with Crippen molar-refractivity contribution in [3.8, 4) is 6.07 Å². The van der Waals surface area contributed by atoms with Gasteiger partial charge in [-0.05, 0) is 43.7 Å². The minimum atomic E-state index is -0.771. The van der Waals surface area contributed by atoms with Crippen molar-refractivity contribution in [2.24, 2.45) is 5.73 Å². The van der Waals surface area contributed by atoms with Gasteiger partial charge >= 0.3 is 0 Å². The van der Waals surface area contributed by atoms with Crippen LogP contribution in [0.15, 0.2) is 56.4 Å². The van der Waals surface area contributed by atoms with E-state index in [4.69, 9.17) is 10.2 Å². The molecule has 4 rings (SSSR count). The summed E-state index contributed by atoms with van der Waals surface area (Å²) in [6, 6.07) is 7.08. The molecule has 0 saturated heterocycles. The van der Waals surface area contributed by atoms with Crippen LogP contribution >= 0.6 is 11.8 Å². The molecule has 1 atom stereocenters. The van der Waals surface area contributed by atoms with E-state index in [1.54, 1.807) is 13.0 Å². The van der Waals surface area contributed by atoms with Gasteiger partial charge in [0.15, 0.2) is 10.9 Å². The van der Waals surface area contributed by atoms with Crippen molar-refractivity contribution in [3.05, 3.63) is 74.2 Å². The molecule has 8 nitrogen and oxygen atoms in total. The van der Waals surface area contributed by atoms with Gasteiger partial charge in [0.05, 0.1) is 28.5 Å². The van der Waals surface area contributed by atoms with Crippen LogP contribution in [0.4, 0.5) is 15.8 Å². The Balaban J connectivity index is 2.01. The second kappa shape index (κ2) is 8.75. The zero-order chi connectivity index (χ0) is 23.9. The molecule has 2 aliphatic rings. The Hall–Kier alpha value is -3.58. The van der Waals surface area contributed by atoms with E-state index in [0.29, 0.717) is 46.9 Å². The molecule has 0 saturated carbocycles. The summed E-state index contributed by atoms with van der Waals surface area (Å²) in [5, 5.41) is 22.4. The number of halogens is 1. The topological polar surface area (TPSA) is 126 Å². The molecule has 33 heavy (non-hydrogen) atoms. The van der Waals surface area contributed by atoms with Gasteiger partial charge in [0, 0.05) is 23.3 Å². The smallest absolute Gasteiger partial charge is 0.296 e. The first-order valence-electron chi connectivity index (χ1n) is 10.4. The van der Waals surface area contributed by atoms with Gasteiger partial charge in [0.1, 0.15) is 23.1 Å². The van der Waals surface area contributed by atoms with E-state index in [2.05, 4.69) is 6.07 Å². The Morgan fingerprint density at radius 3 is 2.82 bits per heavy atom. The molecule has 1 aromatic carbocycles. The monoisotopic (exact) mass is 468 g/mol. The van der Waals surface area contributed by atoms with Gasteiger partial charge in [-0.1, -0.05) is 18.7 Å². The molecule has 2 N–H and O–H groups in total. The Morgan fingerprint density at radius 2 is 2.15 bits per heavy atom. The third kappa shape index (κ3) is 3.78. The molecular weight excluding hydrogens is 447 g/mol. The maximum Gasteiger partial charge on any atom is 0.296 e. The number of ketones is 1. The van der Waals surface area contributed by atoms with Crippen molar-refractivity contribution in [1.29, 1.82) is 5.26 Å². The Morgan fingerprint density at radius 1 is 1.39 bits per heavy atom. The molecule has 2 aromatic rings. The van der Waals surface area contributed by atoms with Crippen molar-refractivity contribution in [2.45, 2.75) is 44.1 Å². The highest BCUT2D eigenvalue weighted by atomic mass is 32.2. The number of nitriles is 1. The van der Waals surface area contributed by atoms with Crippen LogP contribution in [0.25, 0.3) is 0 Å². The summed E-state index contributed by atoms with van der Waals surface area (Å²) >= 11 is 1.46. The highest BCUT2D eigenvalue weighted by molar-refractivity contribution is 7.99. The van der Waals surface area contributed by atoms with E-state index in [0.717, 1.165) is 17.9 Å². The Bertz CT molecular complexity index is 1270. The van der Waals surface area contributed by atoms with Crippen molar-refractivity contribution in [2.75, 3.05) is 10.7 Å². The number of aryl methyl sites for hydroxylation is 1. The minimum absolute atomic E-state index is 0.0128. The minimum Gasteiger partial charge on any atom is -0.455 e. The molecule has 0 amide bonds. The van der Waals surface area contributed by atoms with Gasteiger partial charge in [0.25, 0.3) is 5.69 Å². The largest absolute Gasteiger partial charge is 0.455 e. The molecule has 170 valence electrons. The number of allylic oxidation sites excluding steroid dienone is 3. The zero-order valence-electron chi connectivity index (χ0n) is 18.1. The SMILES string of the molecule is CCSc1oc(C)cc1C1C(C#N)=C(N)N(c2ccc(F)cc2[N+](=O)[O-])C2=C1C(=O)CCC2. The maximum atomic E-state index is 13.8. The zero-order valence-corrected chi connectivity index (χ0v) is 18.9. The number of hydrogen-bond donors (Lipinski definition) is 1. The summed E-state index contributed by atoms with van der Waals surface area (Å²) in [6.45, 7) is 3.76. The van der Waals surface area contributed by atoms with E-state index in [1.807, 2.05) is 6.92 Å². The van der Waals surface area contributed by atoms with E-state index in [-0.39, 0.29) is 22.9 Å². The van der Waals surface area contributed by atoms with Crippen LogP contribution in [0.2, 0.25) is 0 Å². The van der Waals surface area contributed by atoms with Crippen LogP contribution < -0.4 is 10.6 Å². The number of hydrogen-bond acceptors (Lipinski definition) is 8. The van der Waals surface area contributed by atoms with Crippen LogP contribution in [-0.2, 0) is 4.79 Å². The number of furan rings is 1. The summed E-state index contributed by atoms with van der Waals surface area (Å²) in [5.74, 6) is -0.313. The molecule has 0 spiro atoms. The molecule has 1 aliphatic heterocycles. The van der Waals surface area contributed by atoms with Gasteiger partial charge in [-0.15, -0.1) is 0 Å². The molecule has 2 heterocycles. The van der Waals surface area contributed by atoms with Crippen molar-refractivity contribution in [3.63, 3.8) is 0 Å². The fourth-order valence-corrected chi connectivity index (χ4v) is 5.26. The normalized spacial score (nSPS) is 18.4. The van der Waals surface area contributed by atoms with Crippen LogP contribution in [0.5, 0.6) is 0 Å². The number of nitrogens with two attached hydrogens (primary N) is 1. The number of thioether (sulfide) groups is 1. The third-order valence-electron chi connectivity index (χ3n) is 5.72. The number of rotatable bonds is 5. The molecule has 0 bridgehead atoms. The number of carbonyl (C=O) groups excluding carboxylic acids is 1. The second-order valence-corrected chi connectivity index (χ2v) is 8.98. The number of nitro groups is 1. The molecule has 1 unspecified atom stereocenters. The average Bonchev–Trinajstić information content (AvgIpc) is 3.13. The van der Waals surface area contributed by atoms with Gasteiger partial charge < -0.3 is 10.2 Å². The first kappa shape index (κ1) is 22.6. The summed E-state index contributed by atoms with van der Waals surface area (Å²) in [5.41, 5.74) is 7.63. The fourth-order valence-electron chi connectivity index (χ4n) is 4.46. The van der Waals surface area contributed by atoms with E-state index in [9.17, 15) is 24.6 Å². The van der Waals surface area contributed by atoms with Crippen LogP contribution in [0.3, 0.4) is 0 Å². The van der Waals surface area contributed by atoms with Gasteiger partial charge in [-0.25, -0.2) is 4.39 Å². The standard InChI is InChI=1S/C23H21FN4O4S/c1-3-33-23-14(9-12(2)32-23)20-15(11-25)22(26)27(17-5-4-6-19(29)21(17)20)16-8-7-13(24)10-18(16)28(30)31/h7-10,20H,3-6,26H2,1-2H3. The highest BCUT2D eigenvalue weighted by Gasteiger charge is 2.43. The quantitative estimate of drug-likeness (QED) is 0.367. The number of nitro benzene ring substituents is 1. The Labute approximate surface area is 193 Å². The van der Waals surface area contributed by atoms with Crippen LogP contribution in [0, 0.1) is 34.2 Å². The fraction of sp³-hybridized carbons (Fsp3) is 0.304. The maximum absolute atomic E-state index is 13.8. The van der Waals surface area contributed by atoms with E-state index in [1.165, 1.54) is 22.7 Å². The van der Waals surface area contributed by atoms with Crippen LogP contribution in [-0.4, -0.2) is 16.5 Å². The summed E-state index contributed by atoms with van der Waals surface area (Å²) < 4.78 is 19.7. The summed E-state index contributed by atoms with van der Waals surface area (Å²) in [4.78, 5) is 25.6.